The van der Waals surface area contributed by atoms with Crippen LogP contribution in [0.3, 0.4) is 0 Å². The Bertz CT molecular complexity index is 555. The van der Waals surface area contributed by atoms with E-state index in [2.05, 4.69) is 0 Å². The van der Waals surface area contributed by atoms with E-state index in [4.69, 9.17) is 16.3 Å². The first-order chi connectivity index (χ1) is 9.58. The van der Waals surface area contributed by atoms with Crippen molar-refractivity contribution in [3.8, 4) is 5.75 Å². The summed E-state index contributed by atoms with van der Waals surface area (Å²) in [5.41, 5.74) is 1.40. The minimum absolute atomic E-state index is 0.116. The van der Waals surface area contributed by atoms with Crippen molar-refractivity contribution >= 4 is 11.6 Å². The Morgan fingerprint density at radius 2 is 1.80 bits per heavy atom. The largest absolute Gasteiger partial charge is 0.490 e. The second-order valence-electron chi connectivity index (χ2n) is 4.60. The third kappa shape index (κ3) is 3.73. The Kier molecular flexibility index (Phi) is 5.01. The van der Waals surface area contributed by atoms with Crippen molar-refractivity contribution < 1.29 is 14.9 Å². The zero-order chi connectivity index (χ0) is 14.5. The highest BCUT2D eigenvalue weighted by atomic mass is 35.5. The smallest absolute Gasteiger partial charge is 0.125 e. The number of hydrogen-bond acceptors (Lipinski definition) is 3. The molecule has 20 heavy (non-hydrogen) atoms. The third-order valence-electron chi connectivity index (χ3n) is 3.00. The molecule has 0 bridgehead atoms. The molecule has 0 radical (unpaired) electrons. The molecule has 1 unspecified atom stereocenters. The Balaban J connectivity index is 2.08. The number of halogens is 1. The Morgan fingerprint density at radius 3 is 2.45 bits per heavy atom. The van der Waals surface area contributed by atoms with E-state index in [0.717, 1.165) is 5.56 Å². The molecule has 2 aromatic rings. The quantitative estimate of drug-likeness (QED) is 0.887. The standard InChI is InChI=1S/C16H17ClO3/c1-11(18)14-9-13(17)7-8-16(14)20-10-15(19)12-5-3-2-4-6-12/h2-9,11,15,18-19H,10H2,1H3/t11-,15?/m0/s1. The molecule has 0 spiro atoms. The van der Waals surface area contributed by atoms with Crippen LogP contribution in [0.5, 0.6) is 5.75 Å². The minimum Gasteiger partial charge on any atom is -0.490 e. The van der Waals surface area contributed by atoms with Gasteiger partial charge in [-0.15, -0.1) is 0 Å². The van der Waals surface area contributed by atoms with Crippen molar-refractivity contribution in [2.75, 3.05) is 6.61 Å². The fraction of sp³-hybridized carbons (Fsp3) is 0.250. The molecule has 0 aliphatic carbocycles. The van der Waals surface area contributed by atoms with E-state index >= 15 is 0 Å². The summed E-state index contributed by atoms with van der Waals surface area (Å²) in [5, 5.41) is 20.3. The highest BCUT2D eigenvalue weighted by molar-refractivity contribution is 6.30. The van der Waals surface area contributed by atoms with Crippen molar-refractivity contribution in [2.24, 2.45) is 0 Å². The summed E-state index contributed by atoms with van der Waals surface area (Å²) in [6.07, 6.45) is -1.40. The van der Waals surface area contributed by atoms with Crippen molar-refractivity contribution in [3.63, 3.8) is 0 Å². The number of hydrogen-bond donors (Lipinski definition) is 2. The molecule has 0 amide bonds. The number of ether oxygens (including phenoxy) is 1. The Morgan fingerprint density at radius 1 is 1.10 bits per heavy atom. The van der Waals surface area contributed by atoms with Gasteiger partial charge in [0.2, 0.25) is 0 Å². The SMILES string of the molecule is C[C@H](O)c1cc(Cl)ccc1OCC(O)c1ccccc1. The fourth-order valence-corrected chi connectivity index (χ4v) is 2.10. The highest BCUT2D eigenvalue weighted by Gasteiger charge is 2.13. The van der Waals surface area contributed by atoms with Gasteiger partial charge < -0.3 is 14.9 Å². The van der Waals surface area contributed by atoms with Gasteiger partial charge in [-0.1, -0.05) is 41.9 Å². The second-order valence-corrected chi connectivity index (χ2v) is 5.03. The van der Waals surface area contributed by atoms with Gasteiger partial charge in [0.05, 0.1) is 6.10 Å². The van der Waals surface area contributed by atoms with Crippen LogP contribution in [0.2, 0.25) is 5.02 Å². The molecule has 0 aliphatic rings. The van der Waals surface area contributed by atoms with E-state index in [9.17, 15) is 10.2 Å². The van der Waals surface area contributed by atoms with Crippen LogP contribution >= 0.6 is 11.6 Å². The summed E-state index contributed by atoms with van der Waals surface area (Å²) in [6, 6.07) is 14.3. The van der Waals surface area contributed by atoms with Crippen LogP contribution in [0, 0.1) is 0 Å². The lowest BCUT2D eigenvalue weighted by molar-refractivity contribution is 0.105. The minimum atomic E-state index is -0.714. The summed E-state index contributed by atoms with van der Waals surface area (Å²) < 4.78 is 5.60. The van der Waals surface area contributed by atoms with E-state index in [-0.39, 0.29) is 6.61 Å². The van der Waals surface area contributed by atoms with Gasteiger partial charge >= 0.3 is 0 Å². The van der Waals surface area contributed by atoms with Crippen molar-refractivity contribution in [3.05, 3.63) is 64.7 Å². The maximum Gasteiger partial charge on any atom is 0.125 e. The maximum atomic E-state index is 10.1. The average Bonchev–Trinajstić information content (AvgIpc) is 2.46. The molecule has 0 fully saturated rings. The fourth-order valence-electron chi connectivity index (χ4n) is 1.92. The molecule has 3 nitrogen and oxygen atoms in total. The van der Waals surface area contributed by atoms with Crippen molar-refractivity contribution in [1.29, 1.82) is 0 Å². The van der Waals surface area contributed by atoms with E-state index in [1.54, 1.807) is 25.1 Å². The van der Waals surface area contributed by atoms with Gasteiger partial charge in [0.25, 0.3) is 0 Å². The number of benzene rings is 2. The summed E-state index contributed by atoms with van der Waals surface area (Å²) in [4.78, 5) is 0. The summed E-state index contributed by atoms with van der Waals surface area (Å²) in [5.74, 6) is 0.527. The number of aliphatic hydroxyl groups is 2. The molecule has 0 saturated heterocycles. The van der Waals surface area contributed by atoms with E-state index in [1.165, 1.54) is 0 Å². The van der Waals surface area contributed by atoms with Gasteiger partial charge in [-0.05, 0) is 30.7 Å². The molecule has 106 valence electrons. The zero-order valence-corrected chi connectivity index (χ0v) is 11.9. The molecular formula is C16H17ClO3. The van der Waals surface area contributed by atoms with Gasteiger partial charge in [-0.2, -0.15) is 0 Å². The predicted octanol–water partition coefficient (Wildman–Crippen LogP) is 3.51. The molecule has 0 saturated carbocycles. The Labute approximate surface area is 123 Å². The van der Waals surface area contributed by atoms with E-state index in [0.29, 0.717) is 16.3 Å². The monoisotopic (exact) mass is 292 g/mol. The van der Waals surface area contributed by atoms with Gasteiger partial charge in [0.1, 0.15) is 18.5 Å². The van der Waals surface area contributed by atoms with Gasteiger partial charge in [-0.3, -0.25) is 0 Å². The lowest BCUT2D eigenvalue weighted by atomic mass is 10.1. The number of rotatable bonds is 5. The van der Waals surface area contributed by atoms with E-state index in [1.807, 2.05) is 30.3 Å². The Hall–Kier alpha value is -1.55. The molecule has 4 heteroatoms. The lowest BCUT2D eigenvalue weighted by Gasteiger charge is -2.16. The van der Waals surface area contributed by atoms with Crippen LogP contribution in [0.4, 0.5) is 0 Å². The van der Waals surface area contributed by atoms with Crippen molar-refractivity contribution in [1.82, 2.24) is 0 Å². The van der Waals surface area contributed by atoms with Crippen molar-refractivity contribution in [2.45, 2.75) is 19.1 Å². The second kappa shape index (κ2) is 6.75. The van der Waals surface area contributed by atoms with Crippen LogP contribution in [0.15, 0.2) is 48.5 Å². The van der Waals surface area contributed by atoms with Crippen LogP contribution in [-0.4, -0.2) is 16.8 Å². The predicted molar refractivity (Wildman–Crippen MR) is 79.0 cm³/mol. The molecular weight excluding hydrogens is 276 g/mol. The van der Waals surface area contributed by atoms with Gasteiger partial charge in [0.15, 0.2) is 0 Å². The molecule has 2 rings (SSSR count). The van der Waals surface area contributed by atoms with Crippen LogP contribution < -0.4 is 4.74 Å². The normalized spacial score (nSPS) is 13.8. The molecule has 2 N–H and O–H groups in total. The first-order valence-corrected chi connectivity index (χ1v) is 6.79. The first-order valence-electron chi connectivity index (χ1n) is 6.41. The molecule has 0 aliphatic heterocycles. The summed E-state index contributed by atoms with van der Waals surface area (Å²) in [7, 11) is 0. The molecule has 0 aromatic heterocycles. The van der Waals surface area contributed by atoms with Crippen LogP contribution in [-0.2, 0) is 0 Å². The number of aliphatic hydroxyl groups excluding tert-OH is 2. The lowest BCUT2D eigenvalue weighted by Crippen LogP contribution is -2.11. The maximum absolute atomic E-state index is 10.1. The summed E-state index contributed by atoms with van der Waals surface area (Å²) >= 11 is 5.90. The molecule has 2 aromatic carbocycles. The topological polar surface area (TPSA) is 49.7 Å². The molecule has 0 heterocycles. The van der Waals surface area contributed by atoms with Gasteiger partial charge in [0, 0.05) is 10.6 Å². The van der Waals surface area contributed by atoms with E-state index < -0.39 is 12.2 Å². The highest BCUT2D eigenvalue weighted by Crippen LogP contribution is 2.29. The first kappa shape index (κ1) is 14.9. The van der Waals surface area contributed by atoms with Gasteiger partial charge in [-0.25, -0.2) is 0 Å². The van der Waals surface area contributed by atoms with Crippen LogP contribution in [0.25, 0.3) is 0 Å². The third-order valence-corrected chi connectivity index (χ3v) is 3.24. The summed E-state index contributed by atoms with van der Waals surface area (Å²) in [6.45, 7) is 1.76. The molecule has 2 atom stereocenters. The average molecular weight is 293 g/mol. The van der Waals surface area contributed by atoms with Crippen LogP contribution in [0.1, 0.15) is 30.3 Å². The zero-order valence-electron chi connectivity index (χ0n) is 11.2.